The van der Waals surface area contributed by atoms with E-state index in [-0.39, 0.29) is 11.3 Å². The van der Waals surface area contributed by atoms with E-state index in [0.717, 1.165) is 5.56 Å². The van der Waals surface area contributed by atoms with Gasteiger partial charge in [-0.2, -0.15) is 0 Å². The Morgan fingerprint density at radius 2 is 1.91 bits per heavy atom. The molecule has 60 valence electrons. The number of aromatic hydroxyl groups is 1. The van der Waals surface area contributed by atoms with Crippen LogP contribution in [0.4, 0.5) is 0 Å². The van der Waals surface area contributed by atoms with Crippen molar-refractivity contribution < 1.29 is 15.3 Å². The van der Waals surface area contributed by atoms with Crippen molar-refractivity contribution in [1.29, 1.82) is 0 Å². The molecule has 3 nitrogen and oxygen atoms in total. The summed E-state index contributed by atoms with van der Waals surface area (Å²) >= 11 is 0. The number of benzene rings is 1. The van der Waals surface area contributed by atoms with Gasteiger partial charge in [-0.3, -0.25) is 0 Å². The molecule has 0 amide bonds. The Morgan fingerprint density at radius 3 is 2.36 bits per heavy atom. The van der Waals surface area contributed by atoms with Gasteiger partial charge in [0, 0.05) is 5.56 Å². The number of phenols is 1. The van der Waals surface area contributed by atoms with Gasteiger partial charge in [0.15, 0.2) is 6.29 Å². The summed E-state index contributed by atoms with van der Waals surface area (Å²) in [5, 5.41) is 26.5. The van der Waals surface area contributed by atoms with Gasteiger partial charge in [-0.15, -0.1) is 0 Å². The second-order valence-electron chi connectivity index (χ2n) is 2.44. The van der Waals surface area contributed by atoms with Crippen molar-refractivity contribution in [1.82, 2.24) is 0 Å². The lowest BCUT2D eigenvalue weighted by Gasteiger charge is -2.06. The van der Waals surface area contributed by atoms with Crippen molar-refractivity contribution in [2.24, 2.45) is 0 Å². The van der Waals surface area contributed by atoms with Gasteiger partial charge in [-0.25, -0.2) is 0 Å². The SMILES string of the molecule is Cc1ccc(O)c(C(O)O)c1. The molecule has 1 rings (SSSR count). The van der Waals surface area contributed by atoms with Crippen LogP contribution < -0.4 is 0 Å². The van der Waals surface area contributed by atoms with Gasteiger partial charge in [-0.1, -0.05) is 11.6 Å². The molecule has 0 bridgehead atoms. The molecule has 11 heavy (non-hydrogen) atoms. The Bertz CT molecular complexity index is 256. The van der Waals surface area contributed by atoms with Crippen molar-refractivity contribution in [2.45, 2.75) is 13.2 Å². The third-order valence-electron chi connectivity index (χ3n) is 1.46. The van der Waals surface area contributed by atoms with Crippen LogP contribution in [0.25, 0.3) is 0 Å². The van der Waals surface area contributed by atoms with E-state index in [9.17, 15) is 0 Å². The molecule has 3 heteroatoms. The molecule has 0 heterocycles. The van der Waals surface area contributed by atoms with E-state index in [0.29, 0.717) is 0 Å². The van der Waals surface area contributed by atoms with E-state index in [2.05, 4.69) is 0 Å². The molecule has 0 aliphatic carbocycles. The first kappa shape index (κ1) is 8.04. The fourth-order valence-corrected chi connectivity index (χ4v) is 0.881. The topological polar surface area (TPSA) is 60.7 Å². The minimum atomic E-state index is -1.60. The first-order valence-electron chi connectivity index (χ1n) is 3.27. The first-order valence-corrected chi connectivity index (χ1v) is 3.27. The number of rotatable bonds is 1. The van der Waals surface area contributed by atoms with Crippen molar-refractivity contribution in [3.8, 4) is 5.75 Å². The third-order valence-corrected chi connectivity index (χ3v) is 1.46. The molecule has 0 saturated heterocycles. The molecule has 0 saturated carbocycles. The predicted molar refractivity (Wildman–Crippen MR) is 40.0 cm³/mol. The second-order valence-corrected chi connectivity index (χ2v) is 2.44. The fraction of sp³-hybridized carbons (Fsp3) is 0.250. The Hall–Kier alpha value is -1.06. The number of hydrogen-bond acceptors (Lipinski definition) is 3. The Balaban J connectivity index is 3.13. The molecule has 0 fully saturated rings. The Kier molecular flexibility index (Phi) is 2.12. The van der Waals surface area contributed by atoms with Crippen LogP contribution in [0.2, 0.25) is 0 Å². The maximum absolute atomic E-state index is 9.09. The predicted octanol–water partition coefficient (Wildman–Crippen LogP) is 0.684. The normalized spacial score (nSPS) is 10.5. The monoisotopic (exact) mass is 154 g/mol. The van der Waals surface area contributed by atoms with Gasteiger partial charge in [0.25, 0.3) is 0 Å². The van der Waals surface area contributed by atoms with E-state index in [1.54, 1.807) is 6.07 Å². The minimum Gasteiger partial charge on any atom is -0.507 e. The van der Waals surface area contributed by atoms with Gasteiger partial charge in [0.2, 0.25) is 0 Å². The van der Waals surface area contributed by atoms with Crippen LogP contribution in [-0.4, -0.2) is 15.3 Å². The van der Waals surface area contributed by atoms with Gasteiger partial charge in [0.1, 0.15) is 5.75 Å². The zero-order valence-corrected chi connectivity index (χ0v) is 6.15. The van der Waals surface area contributed by atoms with E-state index >= 15 is 0 Å². The summed E-state index contributed by atoms with van der Waals surface area (Å²) in [5.74, 6) is -0.0920. The summed E-state index contributed by atoms with van der Waals surface area (Å²) in [4.78, 5) is 0. The van der Waals surface area contributed by atoms with Gasteiger partial charge in [-0.05, 0) is 19.1 Å². The molecule has 0 aliphatic heterocycles. The molecule has 1 aromatic rings. The lowest BCUT2D eigenvalue weighted by Crippen LogP contribution is -1.95. The summed E-state index contributed by atoms with van der Waals surface area (Å²) in [6.07, 6.45) is -1.60. The largest absolute Gasteiger partial charge is 0.507 e. The quantitative estimate of drug-likeness (QED) is 0.521. The van der Waals surface area contributed by atoms with Crippen LogP contribution in [0.15, 0.2) is 18.2 Å². The van der Waals surface area contributed by atoms with E-state index in [1.165, 1.54) is 12.1 Å². The molecule has 0 atom stereocenters. The average molecular weight is 154 g/mol. The van der Waals surface area contributed by atoms with Crippen molar-refractivity contribution in [2.75, 3.05) is 0 Å². The molecule has 0 unspecified atom stereocenters. The lowest BCUT2D eigenvalue weighted by atomic mass is 10.1. The molecular weight excluding hydrogens is 144 g/mol. The summed E-state index contributed by atoms with van der Waals surface area (Å²) in [6, 6.07) is 4.66. The second kappa shape index (κ2) is 2.90. The highest BCUT2D eigenvalue weighted by Crippen LogP contribution is 2.22. The van der Waals surface area contributed by atoms with E-state index in [4.69, 9.17) is 15.3 Å². The fourth-order valence-electron chi connectivity index (χ4n) is 0.881. The number of aliphatic hydroxyl groups excluding tert-OH is 1. The van der Waals surface area contributed by atoms with Crippen LogP contribution in [0.1, 0.15) is 17.4 Å². The van der Waals surface area contributed by atoms with Crippen LogP contribution >= 0.6 is 0 Å². The molecular formula is C8H10O3. The summed E-state index contributed by atoms with van der Waals surface area (Å²) in [6.45, 7) is 1.81. The zero-order valence-electron chi connectivity index (χ0n) is 6.15. The first-order chi connectivity index (χ1) is 5.11. The molecule has 0 aromatic heterocycles. The molecule has 0 radical (unpaired) electrons. The molecule has 3 N–H and O–H groups in total. The molecule has 0 spiro atoms. The van der Waals surface area contributed by atoms with Gasteiger partial charge in [0.05, 0.1) is 0 Å². The van der Waals surface area contributed by atoms with Gasteiger partial charge >= 0.3 is 0 Å². The van der Waals surface area contributed by atoms with E-state index < -0.39 is 6.29 Å². The standard InChI is InChI=1S/C8H10O3/c1-5-2-3-7(9)6(4-5)8(10)11/h2-4,8-11H,1H3. The number of aliphatic hydroxyl groups is 2. The average Bonchev–Trinajstić information content (AvgIpc) is 1.94. The minimum absolute atomic E-state index is 0.0920. The third kappa shape index (κ3) is 1.69. The van der Waals surface area contributed by atoms with Crippen LogP contribution in [0.3, 0.4) is 0 Å². The Morgan fingerprint density at radius 1 is 1.27 bits per heavy atom. The number of phenolic OH excluding ortho intramolecular Hbond substituents is 1. The van der Waals surface area contributed by atoms with Crippen LogP contribution in [0.5, 0.6) is 5.75 Å². The van der Waals surface area contributed by atoms with Gasteiger partial charge < -0.3 is 15.3 Å². The maximum atomic E-state index is 9.09. The summed E-state index contributed by atoms with van der Waals surface area (Å²) in [5.41, 5.74) is 1.02. The van der Waals surface area contributed by atoms with Crippen molar-refractivity contribution >= 4 is 0 Å². The molecule has 1 aromatic carbocycles. The molecule has 0 aliphatic rings. The Labute approximate surface area is 64.5 Å². The lowest BCUT2D eigenvalue weighted by molar-refractivity contribution is -0.0439. The summed E-state index contributed by atoms with van der Waals surface area (Å²) < 4.78 is 0. The number of hydrogen-bond donors (Lipinski definition) is 3. The maximum Gasteiger partial charge on any atom is 0.182 e. The van der Waals surface area contributed by atoms with Crippen LogP contribution in [-0.2, 0) is 0 Å². The smallest absolute Gasteiger partial charge is 0.182 e. The highest BCUT2D eigenvalue weighted by molar-refractivity contribution is 5.36. The highest BCUT2D eigenvalue weighted by Gasteiger charge is 2.07. The number of aryl methyl sites for hydroxylation is 1. The zero-order chi connectivity index (χ0) is 8.43. The summed E-state index contributed by atoms with van der Waals surface area (Å²) in [7, 11) is 0. The van der Waals surface area contributed by atoms with E-state index in [1.807, 2.05) is 6.92 Å². The van der Waals surface area contributed by atoms with Crippen molar-refractivity contribution in [3.05, 3.63) is 29.3 Å². The highest BCUT2D eigenvalue weighted by atomic mass is 16.5. The van der Waals surface area contributed by atoms with Crippen molar-refractivity contribution in [3.63, 3.8) is 0 Å². The van der Waals surface area contributed by atoms with Crippen LogP contribution in [0, 0.1) is 6.92 Å².